The Balaban J connectivity index is 1.71. The number of rotatable bonds is 10. The highest BCUT2D eigenvalue weighted by Gasteiger charge is 2.32. The van der Waals surface area contributed by atoms with Crippen LogP contribution in [0.1, 0.15) is 31.0 Å². The molecule has 1 aliphatic rings. The average Bonchev–Trinajstić information content (AvgIpc) is 2.85. The number of ether oxygens (including phenoxy) is 3. The Bertz CT molecular complexity index is 1210. The van der Waals surface area contributed by atoms with Crippen LogP contribution in [0.5, 0.6) is 17.2 Å². The van der Waals surface area contributed by atoms with Gasteiger partial charge in [0.05, 0.1) is 41.0 Å². The minimum Gasteiger partial charge on any atom is -0.505 e. The molecule has 0 aliphatic carbocycles. The standard InChI is InChI=1S/C24H26BrClN4O7/c1-4-36-18-9-14(21-20(23(33)35-3)12(2)28-24(34)29-21)5-6-17(18)37-11-19(31)30-27-10-13-7-15(25)22(32)16(26)8-13/h5-10,19,21,30-32H,4,11H2,1-3H3,(H2,28,29,34)/b27-10-/t19-,21+/m1/s1. The van der Waals surface area contributed by atoms with Crippen molar-refractivity contribution in [3.63, 3.8) is 0 Å². The van der Waals surface area contributed by atoms with E-state index in [0.717, 1.165) is 0 Å². The lowest BCUT2D eigenvalue weighted by atomic mass is 9.95. The second-order valence-corrected chi connectivity index (χ2v) is 9.01. The summed E-state index contributed by atoms with van der Waals surface area (Å²) in [5, 5.41) is 29.3. The second-order valence-electron chi connectivity index (χ2n) is 7.75. The number of allylic oxidation sites excluding steroid dienone is 1. The number of esters is 1. The fraction of sp³-hybridized carbons (Fsp3) is 0.292. The summed E-state index contributed by atoms with van der Waals surface area (Å²) in [4.78, 5) is 24.4. The lowest BCUT2D eigenvalue weighted by molar-refractivity contribution is -0.136. The number of methoxy groups -OCH3 is 1. The molecule has 0 unspecified atom stereocenters. The maximum absolute atomic E-state index is 12.4. The van der Waals surface area contributed by atoms with Gasteiger partial charge in [-0.05, 0) is 65.2 Å². The van der Waals surface area contributed by atoms with Crippen LogP contribution in [0, 0.1) is 0 Å². The number of nitrogens with zero attached hydrogens (tertiary/aromatic N) is 1. The van der Waals surface area contributed by atoms with Gasteiger partial charge < -0.3 is 35.1 Å². The normalized spacial score (nSPS) is 16.2. The number of benzene rings is 2. The molecule has 0 aromatic heterocycles. The summed E-state index contributed by atoms with van der Waals surface area (Å²) in [6.45, 7) is 3.57. The molecule has 0 bridgehead atoms. The van der Waals surface area contributed by atoms with E-state index >= 15 is 0 Å². The first-order valence-electron chi connectivity index (χ1n) is 11.0. The number of amides is 2. The largest absolute Gasteiger partial charge is 0.505 e. The minimum atomic E-state index is -1.17. The molecule has 3 rings (SSSR count). The predicted octanol–water partition coefficient (Wildman–Crippen LogP) is 3.33. The number of hydrazone groups is 1. The Labute approximate surface area is 226 Å². The number of phenols is 1. The molecule has 2 amide bonds. The van der Waals surface area contributed by atoms with Gasteiger partial charge in [0.15, 0.2) is 17.7 Å². The Kier molecular flexibility index (Phi) is 9.61. The third-order valence-corrected chi connectivity index (χ3v) is 6.04. The zero-order chi connectivity index (χ0) is 27.1. The molecule has 37 heavy (non-hydrogen) atoms. The average molecular weight is 598 g/mol. The van der Waals surface area contributed by atoms with E-state index < -0.39 is 24.3 Å². The van der Waals surface area contributed by atoms with E-state index in [-0.39, 0.29) is 23.0 Å². The van der Waals surface area contributed by atoms with E-state index in [4.69, 9.17) is 25.8 Å². The Morgan fingerprint density at radius 1 is 1.30 bits per heavy atom. The number of aliphatic hydroxyl groups is 1. The number of hydrogen-bond acceptors (Lipinski definition) is 9. The maximum atomic E-state index is 12.4. The summed E-state index contributed by atoms with van der Waals surface area (Å²) in [5.74, 6) is 0.0377. The van der Waals surface area contributed by atoms with Gasteiger partial charge in [0.2, 0.25) is 0 Å². The molecule has 0 radical (unpaired) electrons. The molecular formula is C24H26BrClN4O7. The van der Waals surface area contributed by atoms with Crippen LogP contribution < -0.4 is 25.5 Å². The third-order valence-electron chi connectivity index (χ3n) is 5.15. The van der Waals surface area contributed by atoms with Crippen molar-refractivity contribution in [2.75, 3.05) is 20.3 Å². The molecule has 2 aromatic rings. The van der Waals surface area contributed by atoms with Crippen molar-refractivity contribution in [1.29, 1.82) is 0 Å². The summed E-state index contributed by atoms with van der Waals surface area (Å²) < 4.78 is 16.7. The predicted molar refractivity (Wildman–Crippen MR) is 140 cm³/mol. The summed E-state index contributed by atoms with van der Waals surface area (Å²) in [6.07, 6.45) is 0.253. The molecule has 1 heterocycles. The highest BCUT2D eigenvalue weighted by atomic mass is 79.9. The molecule has 2 atom stereocenters. The molecule has 0 saturated heterocycles. The lowest BCUT2D eigenvalue weighted by Gasteiger charge is -2.28. The number of carbonyl (C=O) groups is 2. The third kappa shape index (κ3) is 7.06. The number of carbonyl (C=O) groups excluding carboxylic acids is 2. The van der Waals surface area contributed by atoms with Gasteiger partial charge in [-0.1, -0.05) is 17.7 Å². The first-order valence-corrected chi connectivity index (χ1v) is 12.2. The summed E-state index contributed by atoms with van der Waals surface area (Å²) in [7, 11) is 1.26. The van der Waals surface area contributed by atoms with Gasteiger partial charge in [0.1, 0.15) is 12.4 Å². The highest BCUT2D eigenvalue weighted by Crippen LogP contribution is 2.35. The number of urea groups is 1. The highest BCUT2D eigenvalue weighted by molar-refractivity contribution is 9.10. The Morgan fingerprint density at radius 3 is 2.73 bits per heavy atom. The number of aromatic hydroxyl groups is 1. The van der Waals surface area contributed by atoms with Gasteiger partial charge in [-0.2, -0.15) is 5.10 Å². The molecular weight excluding hydrogens is 572 g/mol. The first-order chi connectivity index (χ1) is 17.6. The van der Waals surface area contributed by atoms with E-state index in [0.29, 0.717) is 39.4 Å². The van der Waals surface area contributed by atoms with Crippen LogP contribution in [0.3, 0.4) is 0 Å². The monoisotopic (exact) mass is 596 g/mol. The number of hydrogen-bond donors (Lipinski definition) is 5. The summed E-state index contributed by atoms with van der Waals surface area (Å²) in [6, 6.07) is 6.85. The molecule has 1 aliphatic heterocycles. The van der Waals surface area contributed by atoms with E-state index in [9.17, 15) is 19.8 Å². The number of aliphatic hydroxyl groups excluding tert-OH is 1. The lowest BCUT2D eigenvalue weighted by Crippen LogP contribution is -2.45. The van der Waals surface area contributed by atoms with Crippen LogP contribution in [0.2, 0.25) is 5.02 Å². The maximum Gasteiger partial charge on any atom is 0.337 e. The van der Waals surface area contributed by atoms with E-state index in [1.165, 1.54) is 19.4 Å². The van der Waals surface area contributed by atoms with Crippen molar-refractivity contribution in [2.24, 2.45) is 5.10 Å². The van der Waals surface area contributed by atoms with E-state index in [1.54, 1.807) is 38.1 Å². The van der Waals surface area contributed by atoms with Crippen molar-refractivity contribution in [3.8, 4) is 17.2 Å². The van der Waals surface area contributed by atoms with Crippen molar-refractivity contribution >= 4 is 45.7 Å². The molecule has 0 spiro atoms. The van der Waals surface area contributed by atoms with Crippen molar-refractivity contribution < 1.29 is 34.0 Å². The van der Waals surface area contributed by atoms with Crippen molar-refractivity contribution in [1.82, 2.24) is 16.1 Å². The fourth-order valence-corrected chi connectivity index (χ4v) is 4.30. The smallest absolute Gasteiger partial charge is 0.337 e. The van der Waals surface area contributed by atoms with Crippen LogP contribution in [0.15, 0.2) is 51.2 Å². The van der Waals surface area contributed by atoms with Crippen LogP contribution in [-0.4, -0.2) is 55.0 Å². The van der Waals surface area contributed by atoms with Crippen LogP contribution >= 0.6 is 27.5 Å². The van der Waals surface area contributed by atoms with Gasteiger partial charge in [0.25, 0.3) is 0 Å². The molecule has 11 nitrogen and oxygen atoms in total. The zero-order valence-corrected chi connectivity index (χ0v) is 22.5. The Hall–Kier alpha value is -3.48. The Morgan fingerprint density at radius 2 is 2.05 bits per heavy atom. The number of phenolic OH excluding ortho intramolecular Hbond substituents is 1. The van der Waals surface area contributed by atoms with Gasteiger partial charge in [0, 0.05) is 5.70 Å². The molecule has 13 heteroatoms. The van der Waals surface area contributed by atoms with Gasteiger partial charge in [-0.3, -0.25) is 5.43 Å². The van der Waals surface area contributed by atoms with Gasteiger partial charge >= 0.3 is 12.0 Å². The first kappa shape index (κ1) is 28.1. The molecule has 2 aromatic carbocycles. The van der Waals surface area contributed by atoms with Crippen LogP contribution in [0.4, 0.5) is 4.79 Å². The van der Waals surface area contributed by atoms with Crippen LogP contribution in [0.25, 0.3) is 0 Å². The second kappa shape index (κ2) is 12.7. The topological polar surface area (TPSA) is 151 Å². The van der Waals surface area contributed by atoms with E-state index in [2.05, 4.69) is 37.1 Å². The quantitative estimate of drug-likeness (QED) is 0.121. The molecule has 0 fully saturated rings. The molecule has 0 saturated carbocycles. The number of halogens is 2. The zero-order valence-electron chi connectivity index (χ0n) is 20.2. The van der Waals surface area contributed by atoms with Gasteiger partial charge in [-0.15, -0.1) is 0 Å². The summed E-state index contributed by atoms with van der Waals surface area (Å²) in [5.41, 5.74) is 4.34. The van der Waals surface area contributed by atoms with Crippen molar-refractivity contribution in [2.45, 2.75) is 26.1 Å². The molecule has 198 valence electrons. The molecule has 5 N–H and O–H groups in total. The minimum absolute atomic E-state index is 0.0773. The SMILES string of the molecule is CCOc1cc([C@@H]2NC(=O)NC(C)=C2C(=O)OC)ccc1OC[C@@H](O)N/N=C\c1cc(Cl)c(O)c(Br)c1. The fourth-order valence-electron chi connectivity index (χ4n) is 3.48. The van der Waals surface area contributed by atoms with E-state index in [1.807, 2.05) is 0 Å². The number of nitrogens with one attached hydrogen (secondary N) is 3. The van der Waals surface area contributed by atoms with Crippen molar-refractivity contribution in [3.05, 3.63) is 62.2 Å². The van der Waals surface area contributed by atoms with Crippen LogP contribution in [-0.2, 0) is 9.53 Å². The van der Waals surface area contributed by atoms with Gasteiger partial charge in [-0.25, -0.2) is 9.59 Å². The summed E-state index contributed by atoms with van der Waals surface area (Å²) >= 11 is 9.12.